The maximum atomic E-state index is 12.4. The van der Waals surface area contributed by atoms with Gasteiger partial charge in [0, 0.05) is 13.1 Å². The third-order valence-electron chi connectivity index (χ3n) is 3.80. The van der Waals surface area contributed by atoms with Crippen molar-refractivity contribution in [2.24, 2.45) is 5.73 Å². The van der Waals surface area contributed by atoms with Gasteiger partial charge in [-0.25, -0.2) is 0 Å². The van der Waals surface area contributed by atoms with Crippen LogP contribution in [0.3, 0.4) is 0 Å². The Bertz CT molecular complexity index is 509. The summed E-state index contributed by atoms with van der Waals surface area (Å²) in [5.74, 6) is 1.17. The van der Waals surface area contributed by atoms with Gasteiger partial charge in [0.1, 0.15) is 13.2 Å². The van der Waals surface area contributed by atoms with Crippen LogP contribution in [0.2, 0.25) is 0 Å². The van der Waals surface area contributed by atoms with Gasteiger partial charge in [-0.3, -0.25) is 4.79 Å². The molecule has 0 saturated carbocycles. The van der Waals surface area contributed by atoms with Crippen LogP contribution >= 0.6 is 0 Å². The molecule has 1 fully saturated rings. The molecule has 0 radical (unpaired) electrons. The fraction of sp³-hybridized carbons (Fsp3) is 0.500. The van der Waals surface area contributed by atoms with Crippen LogP contribution in [-0.2, 0) is 0 Å². The van der Waals surface area contributed by atoms with Crippen molar-refractivity contribution in [2.75, 3.05) is 26.3 Å². The normalized spacial score (nSPS) is 19.8. The van der Waals surface area contributed by atoms with E-state index in [0.29, 0.717) is 43.4 Å². The highest BCUT2D eigenvalue weighted by molar-refractivity contribution is 5.98. The van der Waals surface area contributed by atoms with E-state index >= 15 is 0 Å². The number of benzene rings is 1. The van der Waals surface area contributed by atoms with Crippen molar-refractivity contribution < 1.29 is 14.3 Å². The fourth-order valence-corrected chi connectivity index (χ4v) is 2.49. The summed E-state index contributed by atoms with van der Waals surface area (Å²) in [6.45, 7) is 4.26. The number of para-hydroxylation sites is 1. The minimum absolute atomic E-state index is 0.0307. The van der Waals surface area contributed by atoms with E-state index in [1.54, 1.807) is 11.0 Å². The number of rotatable bonds is 2. The topological polar surface area (TPSA) is 64.8 Å². The van der Waals surface area contributed by atoms with Gasteiger partial charge in [0.05, 0.1) is 11.1 Å². The van der Waals surface area contributed by atoms with Crippen molar-refractivity contribution in [3.63, 3.8) is 0 Å². The number of likely N-dealkylation sites (tertiary alicyclic amines) is 1. The van der Waals surface area contributed by atoms with Gasteiger partial charge >= 0.3 is 0 Å². The summed E-state index contributed by atoms with van der Waals surface area (Å²) in [6, 6.07) is 5.41. The van der Waals surface area contributed by atoms with Crippen LogP contribution in [0, 0.1) is 0 Å². The molecule has 2 aliphatic rings. The number of nitrogens with two attached hydrogens (primary N) is 1. The first-order valence-electron chi connectivity index (χ1n) is 6.60. The van der Waals surface area contributed by atoms with E-state index in [4.69, 9.17) is 15.2 Å². The molecule has 0 spiro atoms. The van der Waals surface area contributed by atoms with Crippen molar-refractivity contribution in [1.82, 2.24) is 4.90 Å². The lowest BCUT2D eigenvalue weighted by atomic mass is 9.87. The van der Waals surface area contributed by atoms with Gasteiger partial charge in [-0.05, 0) is 18.6 Å². The Morgan fingerprint density at radius 3 is 2.84 bits per heavy atom. The summed E-state index contributed by atoms with van der Waals surface area (Å²) in [5, 5.41) is 0. The average Bonchev–Trinajstić information content (AvgIpc) is 2.42. The Labute approximate surface area is 112 Å². The largest absolute Gasteiger partial charge is 0.486 e. The van der Waals surface area contributed by atoms with Gasteiger partial charge in [-0.1, -0.05) is 13.0 Å². The highest BCUT2D eigenvalue weighted by Crippen LogP contribution is 2.35. The van der Waals surface area contributed by atoms with Crippen LogP contribution in [0.4, 0.5) is 0 Å². The number of carbonyl (C=O) groups excluding carboxylic acids is 1. The Morgan fingerprint density at radius 2 is 2.11 bits per heavy atom. The molecule has 0 bridgehead atoms. The summed E-state index contributed by atoms with van der Waals surface area (Å²) < 4.78 is 11.1. The van der Waals surface area contributed by atoms with Crippen molar-refractivity contribution in [2.45, 2.75) is 18.9 Å². The van der Waals surface area contributed by atoms with E-state index in [1.807, 2.05) is 19.1 Å². The summed E-state index contributed by atoms with van der Waals surface area (Å²) in [6.07, 6.45) is 0.878. The second-order valence-corrected chi connectivity index (χ2v) is 5.21. The summed E-state index contributed by atoms with van der Waals surface area (Å²) >= 11 is 0. The molecule has 5 nitrogen and oxygen atoms in total. The van der Waals surface area contributed by atoms with E-state index in [0.717, 1.165) is 6.42 Å². The molecule has 1 aromatic rings. The second kappa shape index (κ2) is 4.42. The standard InChI is InChI=1S/C14H18N2O3/c1-2-14(15)8-16(9-14)13(17)10-4-3-5-11-12(10)19-7-6-18-11/h3-5H,2,6-9,15H2,1H3. The average molecular weight is 262 g/mol. The first-order chi connectivity index (χ1) is 9.13. The van der Waals surface area contributed by atoms with E-state index < -0.39 is 0 Å². The molecule has 0 unspecified atom stereocenters. The van der Waals surface area contributed by atoms with E-state index in [2.05, 4.69) is 0 Å². The first-order valence-corrected chi connectivity index (χ1v) is 6.60. The molecular weight excluding hydrogens is 244 g/mol. The third-order valence-corrected chi connectivity index (χ3v) is 3.80. The minimum atomic E-state index is -0.220. The van der Waals surface area contributed by atoms with E-state index in [9.17, 15) is 4.79 Å². The number of ether oxygens (including phenoxy) is 2. The molecule has 1 aromatic carbocycles. The van der Waals surface area contributed by atoms with Crippen LogP contribution < -0.4 is 15.2 Å². The van der Waals surface area contributed by atoms with Gasteiger partial charge in [0.25, 0.3) is 5.91 Å². The summed E-state index contributed by atoms with van der Waals surface area (Å²) in [4.78, 5) is 14.2. The first kappa shape index (κ1) is 12.3. The van der Waals surface area contributed by atoms with Crippen LogP contribution in [0.1, 0.15) is 23.7 Å². The monoisotopic (exact) mass is 262 g/mol. The number of hydrogen-bond donors (Lipinski definition) is 1. The highest BCUT2D eigenvalue weighted by atomic mass is 16.6. The van der Waals surface area contributed by atoms with E-state index in [1.165, 1.54) is 0 Å². The zero-order valence-corrected chi connectivity index (χ0v) is 11.0. The van der Waals surface area contributed by atoms with Crippen LogP contribution in [0.15, 0.2) is 18.2 Å². The van der Waals surface area contributed by atoms with Crippen molar-refractivity contribution in [3.8, 4) is 11.5 Å². The molecule has 3 rings (SSSR count). The molecular formula is C14H18N2O3. The fourth-order valence-electron chi connectivity index (χ4n) is 2.49. The van der Waals surface area contributed by atoms with Gasteiger partial charge in [-0.2, -0.15) is 0 Å². The number of nitrogens with zero attached hydrogens (tertiary/aromatic N) is 1. The van der Waals surface area contributed by atoms with Gasteiger partial charge < -0.3 is 20.1 Å². The highest BCUT2D eigenvalue weighted by Gasteiger charge is 2.41. The van der Waals surface area contributed by atoms with Crippen LogP contribution in [-0.4, -0.2) is 42.6 Å². The predicted octanol–water partition coefficient (Wildman–Crippen LogP) is 1.02. The maximum Gasteiger partial charge on any atom is 0.257 e. The Kier molecular flexibility index (Phi) is 2.86. The van der Waals surface area contributed by atoms with Crippen LogP contribution in [0.5, 0.6) is 11.5 Å². The van der Waals surface area contributed by atoms with Gasteiger partial charge in [0.15, 0.2) is 11.5 Å². The smallest absolute Gasteiger partial charge is 0.257 e. The number of fused-ring (bicyclic) bond motifs is 1. The maximum absolute atomic E-state index is 12.4. The molecule has 2 heterocycles. The Balaban J connectivity index is 1.82. The van der Waals surface area contributed by atoms with Crippen molar-refractivity contribution >= 4 is 5.91 Å². The molecule has 102 valence electrons. The molecule has 5 heteroatoms. The van der Waals surface area contributed by atoms with E-state index in [-0.39, 0.29) is 11.4 Å². The third kappa shape index (κ3) is 2.04. The SMILES string of the molecule is CCC1(N)CN(C(=O)c2cccc3c2OCCO3)C1. The van der Waals surface area contributed by atoms with Crippen molar-refractivity contribution in [1.29, 1.82) is 0 Å². The molecule has 1 saturated heterocycles. The lowest BCUT2D eigenvalue weighted by Gasteiger charge is -2.47. The molecule has 0 aliphatic carbocycles. The molecule has 2 N–H and O–H groups in total. The quantitative estimate of drug-likeness (QED) is 0.864. The molecule has 0 atom stereocenters. The lowest BCUT2D eigenvalue weighted by Crippen LogP contribution is -2.68. The zero-order valence-electron chi connectivity index (χ0n) is 11.0. The lowest BCUT2D eigenvalue weighted by molar-refractivity contribution is 0.0394. The summed E-state index contributed by atoms with van der Waals surface area (Å²) in [5.41, 5.74) is 6.44. The minimum Gasteiger partial charge on any atom is -0.486 e. The predicted molar refractivity (Wildman–Crippen MR) is 70.5 cm³/mol. The van der Waals surface area contributed by atoms with Gasteiger partial charge in [-0.15, -0.1) is 0 Å². The van der Waals surface area contributed by atoms with Crippen LogP contribution in [0.25, 0.3) is 0 Å². The Morgan fingerprint density at radius 1 is 1.37 bits per heavy atom. The molecule has 1 amide bonds. The number of carbonyl (C=O) groups is 1. The Hall–Kier alpha value is -1.75. The number of hydrogen-bond acceptors (Lipinski definition) is 4. The number of amides is 1. The van der Waals surface area contributed by atoms with Gasteiger partial charge in [0.2, 0.25) is 0 Å². The molecule has 0 aromatic heterocycles. The summed E-state index contributed by atoms with van der Waals surface area (Å²) in [7, 11) is 0. The second-order valence-electron chi connectivity index (χ2n) is 5.21. The molecule has 2 aliphatic heterocycles. The van der Waals surface area contributed by atoms with Crippen molar-refractivity contribution in [3.05, 3.63) is 23.8 Å². The zero-order chi connectivity index (χ0) is 13.5. The molecule has 19 heavy (non-hydrogen) atoms.